The van der Waals surface area contributed by atoms with E-state index in [-0.39, 0.29) is 11.9 Å². The molecule has 1 fully saturated rings. The van der Waals surface area contributed by atoms with Gasteiger partial charge in [0.15, 0.2) is 11.5 Å². The first-order valence-corrected chi connectivity index (χ1v) is 12.5. The number of nitrogens with one attached hydrogen (secondary N) is 1. The number of rotatable bonds is 5. The number of fused-ring (bicyclic) bond motifs is 3. The van der Waals surface area contributed by atoms with Crippen molar-refractivity contribution < 1.29 is 14.3 Å². The van der Waals surface area contributed by atoms with Crippen LogP contribution in [0.3, 0.4) is 0 Å². The van der Waals surface area contributed by atoms with Crippen LogP contribution in [0.4, 0.5) is 5.69 Å². The number of halogens is 1. The molecule has 2 heterocycles. The molecule has 0 aliphatic carbocycles. The van der Waals surface area contributed by atoms with Crippen LogP contribution in [0.5, 0.6) is 11.5 Å². The number of piperidine rings is 1. The van der Waals surface area contributed by atoms with Crippen molar-refractivity contribution in [3.8, 4) is 11.5 Å². The van der Waals surface area contributed by atoms with Gasteiger partial charge >= 0.3 is 0 Å². The van der Waals surface area contributed by atoms with Gasteiger partial charge in [0.05, 0.1) is 26.0 Å². The summed E-state index contributed by atoms with van der Waals surface area (Å²) >= 11 is 3.40. The van der Waals surface area contributed by atoms with Crippen molar-refractivity contribution in [2.24, 2.45) is 4.99 Å². The number of aliphatic imine (C=N–C) groups is 1. The molecule has 1 saturated heterocycles. The summed E-state index contributed by atoms with van der Waals surface area (Å²) in [7, 11) is 5.50. The number of carbonyl (C=O) groups is 1. The zero-order valence-electron chi connectivity index (χ0n) is 20.0. The minimum absolute atomic E-state index is 0.142. The molecule has 7 heteroatoms. The van der Waals surface area contributed by atoms with Crippen molar-refractivity contribution in [3.63, 3.8) is 0 Å². The van der Waals surface area contributed by atoms with Gasteiger partial charge in [0.25, 0.3) is 5.91 Å². The third kappa shape index (κ3) is 4.70. The van der Waals surface area contributed by atoms with Gasteiger partial charge < -0.3 is 19.7 Å². The zero-order chi connectivity index (χ0) is 24.5. The molecular weight excluding hydrogens is 506 g/mol. The van der Waals surface area contributed by atoms with Gasteiger partial charge in [0, 0.05) is 39.3 Å². The van der Waals surface area contributed by atoms with E-state index in [2.05, 4.69) is 39.3 Å². The fourth-order valence-corrected chi connectivity index (χ4v) is 5.21. The Balaban J connectivity index is 1.47. The van der Waals surface area contributed by atoms with Gasteiger partial charge in [0.2, 0.25) is 0 Å². The van der Waals surface area contributed by atoms with Gasteiger partial charge in [-0.05, 0) is 74.1 Å². The molecule has 2 unspecified atom stereocenters. The van der Waals surface area contributed by atoms with Crippen LogP contribution < -0.4 is 14.8 Å². The molecular formula is C28H28BrN3O3. The number of nitrogens with zero attached hydrogens (tertiary/aromatic N) is 2. The highest BCUT2D eigenvalue weighted by molar-refractivity contribution is 9.10. The predicted molar refractivity (Wildman–Crippen MR) is 142 cm³/mol. The van der Waals surface area contributed by atoms with Crippen molar-refractivity contribution in [3.05, 3.63) is 87.4 Å². The Morgan fingerprint density at radius 2 is 1.71 bits per heavy atom. The first kappa shape index (κ1) is 23.6. The molecule has 0 radical (unpaired) electrons. The highest BCUT2D eigenvalue weighted by Gasteiger charge is 2.36. The number of methoxy groups -OCH3 is 2. The van der Waals surface area contributed by atoms with Crippen molar-refractivity contribution in [2.75, 3.05) is 39.7 Å². The molecule has 3 aromatic carbocycles. The van der Waals surface area contributed by atoms with E-state index in [1.54, 1.807) is 26.4 Å². The van der Waals surface area contributed by atoms with Crippen LogP contribution in [0, 0.1) is 0 Å². The number of carbonyl (C=O) groups excluding carboxylic acids is 1. The number of likely N-dealkylation sites (tertiary alicyclic amines) is 1. The molecule has 2 aliphatic rings. The topological polar surface area (TPSA) is 63.2 Å². The average molecular weight is 534 g/mol. The number of likely N-dealkylation sites (N-methyl/N-ethyl adjacent to an activating group) is 1. The van der Waals surface area contributed by atoms with Crippen molar-refractivity contribution in [1.82, 2.24) is 4.90 Å². The number of ether oxygens (including phenoxy) is 2. The second kappa shape index (κ2) is 9.84. The van der Waals surface area contributed by atoms with E-state index in [0.29, 0.717) is 17.2 Å². The summed E-state index contributed by atoms with van der Waals surface area (Å²) in [6.45, 7) is 1.99. The summed E-state index contributed by atoms with van der Waals surface area (Å²) in [6.07, 6.45) is 1.01. The van der Waals surface area contributed by atoms with Crippen LogP contribution in [-0.2, 0) is 0 Å². The summed E-state index contributed by atoms with van der Waals surface area (Å²) in [5.74, 6) is 1.61. The molecule has 35 heavy (non-hydrogen) atoms. The normalized spacial score (nSPS) is 19.3. The summed E-state index contributed by atoms with van der Waals surface area (Å²) in [4.78, 5) is 20.2. The quantitative estimate of drug-likeness (QED) is 0.479. The van der Waals surface area contributed by atoms with E-state index < -0.39 is 0 Å². The molecule has 1 N–H and O–H groups in total. The maximum absolute atomic E-state index is 12.6. The van der Waals surface area contributed by atoms with Gasteiger partial charge in [0.1, 0.15) is 0 Å². The highest BCUT2D eigenvalue weighted by atomic mass is 79.9. The molecule has 0 spiro atoms. The van der Waals surface area contributed by atoms with Gasteiger partial charge in [-0.3, -0.25) is 9.79 Å². The van der Waals surface area contributed by atoms with Crippen LogP contribution in [0.25, 0.3) is 0 Å². The first-order valence-electron chi connectivity index (χ1n) is 11.7. The van der Waals surface area contributed by atoms with E-state index >= 15 is 0 Å². The van der Waals surface area contributed by atoms with Gasteiger partial charge in [-0.2, -0.15) is 0 Å². The molecule has 2 aliphatic heterocycles. The average Bonchev–Trinajstić information content (AvgIpc) is 2.88. The van der Waals surface area contributed by atoms with Crippen LogP contribution in [0.1, 0.15) is 39.4 Å². The minimum atomic E-state index is -0.142. The Morgan fingerprint density at radius 3 is 2.40 bits per heavy atom. The van der Waals surface area contributed by atoms with E-state index in [4.69, 9.17) is 14.5 Å². The fourth-order valence-electron chi connectivity index (χ4n) is 4.95. The maximum Gasteiger partial charge on any atom is 0.255 e. The lowest BCUT2D eigenvalue weighted by Gasteiger charge is -2.39. The third-order valence-corrected chi connectivity index (χ3v) is 7.34. The zero-order valence-corrected chi connectivity index (χ0v) is 21.6. The summed E-state index contributed by atoms with van der Waals surface area (Å²) in [5, 5.41) is 2.97. The SMILES string of the molecule is COc1cc2c(cc1OC)C1CN(C)CCC1N=C2c1ccc(NC(=O)c2ccc(Br)cc2)cc1. The Morgan fingerprint density at radius 1 is 1.03 bits per heavy atom. The minimum Gasteiger partial charge on any atom is -0.493 e. The highest BCUT2D eigenvalue weighted by Crippen LogP contribution is 2.42. The number of hydrogen-bond donors (Lipinski definition) is 1. The molecule has 5 rings (SSSR count). The maximum atomic E-state index is 12.6. The lowest BCUT2D eigenvalue weighted by Crippen LogP contribution is -2.41. The summed E-state index contributed by atoms with van der Waals surface area (Å²) < 4.78 is 12.2. The van der Waals surface area contributed by atoms with Crippen LogP contribution in [-0.4, -0.2) is 56.9 Å². The smallest absolute Gasteiger partial charge is 0.255 e. The monoisotopic (exact) mass is 533 g/mol. The second-order valence-corrected chi connectivity index (χ2v) is 9.95. The Bertz CT molecular complexity index is 1270. The Hall–Kier alpha value is -3.16. The number of benzene rings is 3. The molecule has 180 valence electrons. The van der Waals surface area contributed by atoms with Gasteiger partial charge in [-0.25, -0.2) is 0 Å². The predicted octanol–water partition coefficient (Wildman–Crippen LogP) is 5.36. The fraction of sp³-hybridized carbons (Fsp3) is 0.286. The van der Waals surface area contributed by atoms with Crippen LogP contribution in [0.2, 0.25) is 0 Å². The molecule has 0 bridgehead atoms. The summed E-state index contributed by atoms with van der Waals surface area (Å²) in [5.41, 5.74) is 5.64. The van der Waals surface area contributed by atoms with Crippen LogP contribution >= 0.6 is 15.9 Å². The van der Waals surface area contributed by atoms with E-state index in [1.165, 1.54) is 5.56 Å². The van der Waals surface area contributed by atoms with Crippen LogP contribution in [0.15, 0.2) is 70.1 Å². The lowest BCUT2D eigenvalue weighted by molar-refractivity contribution is 0.102. The largest absolute Gasteiger partial charge is 0.493 e. The molecule has 0 aromatic heterocycles. The van der Waals surface area contributed by atoms with Crippen molar-refractivity contribution >= 4 is 33.2 Å². The molecule has 2 atom stereocenters. The number of anilines is 1. The van der Waals surface area contributed by atoms with E-state index in [1.807, 2.05) is 42.5 Å². The third-order valence-electron chi connectivity index (χ3n) is 6.81. The molecule has 3 aromatic rings. The Kier molecular flexibility index (Phi) is 6.62. The Labute approximate surface area is 214 Å². The standard InChI is InChI=1S/C28H28BrN3O3/c1-32-13-12-24-23(16-32)21-14-25(34-2)26(35-3)15-22(21)27(31-24)17-6-10-20(11-7-17)30-28(33)18-4-8-19(29)9-5-18/h4-11,14-15,23-24H,12-13,16H2,1-3H3,(H,30,33). The van der Waals surface area contributed by atoms with E-state index in [9.17, 15) is 4.79 Å². The lowest BCUT2D eigenvalue weighted by atomic mass is 9.79. The second-order valence-electron chi connectivity index (χ2n) is 9.04. The van der Waals surface area contributed by atoms with Gasteiger partial charge in [-0.1, -0.05) is 28.1 Å². The molecule has 1 amide bonds. The van der Waals surface area contributed by atoms with E-state index in [0.717, 1.165) is 52.3 Å². The van der Waals surface area contributed by atoms with Crippen molar-refractivity contribution in [2.45, 2.75) is 18.4 Å². The summed E-state index contributed by atoms with van der Waals surface area (Å²) in [6, 6.07) is 19.6. The number of amides is 1. The first-order chi connectivity index (χ1) is 17.0. The molecule has 6 nitrogen and oxygen atoms in total. The molecule has 0 saturated carbocycles. The van der Waals surface area contributed by atoms with Crippen molar-refractivity contribution in [1.29, 1.82) is 0 Å². The van der Waals surface area contributed by atoms with Gasteiger partial charge in [-0.15, -0.1) is 0 Å². The number of hydrogen-bond acceptors (Lipinski definition) is 5.